The summed E-state index contributed by atoms with van der Waals surface area (Å²) in [6, 6.07) is 8.18. The van der Waals surface area contributed by atoms with Crippen LogP contribution < -0.4 is 0 Å². The molecule has 2 saturated heterocycles. The van der Waals surface area contributed by atoms with Crippen molar-refractivity contribution in [3.63, 3.8) is 0 Å². The third kappa shape index (κ3) is 4.15. The molecule has 152 valence electrons. The molecule has 0 unspecified atom stereocenters. The SMILES string of the molecule is CC1(C)OB(C(/C=C/c2ccc(Br)cc2)B2OC(C)(C)C(C)(C)O2)OC1(C)C. The normalized spacial score (nSPS) is 25.2. The van der Waals surface area contributed by atoms with Crippen LogP contribution in [0.4, 0.5) is 0 Å². The molecule has 2 heterocycles. The molecule has 0 amide bonds. The third-order valence-electron chi connectivity index (χ3n) is 6.55. The van der Waals surface area contributed by atoms with Crippen LogP contribution >= 0.6 is 15.9 Å². The van der Waals surface area contributed by atoms with E-state index in [-0.39, 0.29) is 5.72 Å². The van der Waals surface area contributed by atoms with E-state index in [0.29, 0.717) is 0 Å². The van der Waals surface area contributed by atoms with Crippen LogP contribution in [0.2, 0.25) is 5.72 Å². The summed E-state index contributed by atoms with van der Waals surface area (Å²) in [5.74, 6) is 0. The van der Waals surface area contributed by atoms with Gasteiger partial charge in [-0.3, -0.25) is 0 Å². The number of halogens is 1. The van der Waals surface area contributed by atoms with Crippen molar-refractivity contribution < 1.29 is 18.6 Å². The fourth-order valence-corrected chi connectivity index (χ4v) is 3.46. The predicted octanol–water partition coefficient (Wildman–Crippen LogP) is 5.56. The van der Waals surface area contributed by atoms with E-state index in [4.69, 9.17) is 18.6 Å². The highest BCUT2D eigenvalue weighted by Crippen LogP contribution is 2.45. The lowest BCUT2D eigenvalue weighted by molar-refractivity contribution is 0.00578. The van der Waals surface area contributed by atoms with Crippen LogP contribution in [0.5, 0.6) is 0 Å². The molecule has 0 N–H and O–H groups in total. The van der Waals surface area contributed by atoms with E-state index in [1.807, 2.05) is 12.1 Å². The van der Waals surface area contributed by atoms with Crippen molar-refractivity contribution in [2.45, 2.75) is 83.5 Å². The quantitative estimate of drug-likeness (QED) is 0.565. The van der Waals surface area contributed by atoms with E-state index in [0.717, 1.165) is 10.0 Å². The minimum atomic E-state index is -0.452. The lowest BCUT2D eigenvalue weighted by Crippen LogP contribution is -2.41. The average molecular weight is 449 g/mol. The third-order valence-corrected chi connectivity index (χ3v) is 7.08. The molecule has 0 aromatic heterocycles. The highest BCUT2D eigenvalue weighted by molar-refractivity contribution is 9.10. The Morgan fingerprint density at radius 1 is 0.714 bits per heavy atom. The van der Waals surface area contributed by atoms with Crippen molar-refractivity contribution in [1.82, 2.24) is 0 Å². The van der Waals surface area contributed by atoms with Crippen LogP contribution in [0, 0.1) is 0 Å². The lowest BCUT2D eigenvalue weighted by Gasteiger charge is -2.32. The molecule has 0 saturated carbocycles. The minimum absolute atomic E-state index is 0.203. The van der Waals surface area contributed by atoms with Crippen LogP contribution in [-0.2, 0) is 18.6 Å². The molecule has 0 atom stereocenters. The maximum Gasteiger partial charge on any atom is 0.462 e. The van der Waals surface area contributed by atoms with E-state index in [2.05, 4.69) is 95.6 Å². The van der Waals surface area contributed by atoms with Crippen LogP contribution in [0.15, 0.2) is 34.8 Å². The first-order chi connectivity index (χ1) is 12.7. The molecular weight excluding hydrogens is 418 g/mol. The molecule has 1 aromatic rings. The van der Waals surface area contributed by atoms with E-state index in [9.17, 15) is 0 Å². The van der Waals surface area contributed by atoms with Gasteiger partial charge in [0.2, 0.25) is 0 Å². The van der Waals surface area contributed by atoms with Gasteiger partial charge in [-0.2, -0.15) is 0 Å². The Hall–Kier alpha value is -0.590. The van der Waals surface area contributed by atoms with Crippen LogP contribution in [0.1, 0.15) is 61.0 Å². The van der Waals surface area contributed by atoms with Crippen molar-refractivity contribution in [3.05, 3.63) is 40.4 Å². The zero-order valence-electron chi connectivity index (χ0n) is 18.2. The van der Waals surface area contributed by atoms with Gasteiger partial charge in [-0.05, 0) is 73.1 Å². The summed E-state index contributed by atoms with van der Waals surface area (Å²) in [5, 5.41) is 0. The van der Waals surface area contributed by atoms with Gasteiger partial charge < -0.3 is 18.6 Å². The lowest BCUT2D eigenvalue weighted by atomic mass is 9.51. The van der Waals surface area contributed by atoms with Gasteiger partial charge in [-0.15, -0.1) is 0 Å². The Balaban J connectivity index is 1.90. The van der Waals surface area contributed by atoms with Gasteiger partial charge in [0.1, 0.15) is 0 Å². The second-order valence-corrected chi connectivity index (χ2v) is 10.7. The summed E-state index contributed by atoms with van der Waals surface area (Å²) in [6.07, 6.45) is 4.17. The maximum atomic E-state index is 6.34. The summed E-state index contributed by atoms with van der Waals surface area (Å²) in [4.78, 5) is 0. The first-order valence-corrected chi connectivity index (χ1v) is 10.7. The van der Waals surface area contributed by atoms with Crippen LogP contribution in [0.3, 0.4) is 0 Å². The number of benzene rings is 1. The summed E-state index contributed by atoms with van der Waals surface area (Å²) < 4.78 is 26.4. The van der Waals surface area contributed by atoms with Crippen molar-refractivity contribution >= 4 is 36.2 Å². The standard InChI is InChI=1S/C21H31B2BrO4/c1-18(2)19(3,4)26-22(25-18)17(14-11-15-9-12-16(24)13-10-15)23-27-20(5,6)21(7,8)28-23/h9-14,17H,1-8H3/b14-11+. The Morgan fingerprint density at radius 2 is 1.07 bits per heavy atom. The van der Waals surface area contributed by atoms with E-state index in [1.54, 1.807) is 0 Å². The molecule has 0 bridgehead atoms. The van der Waals surface area contributed by atoms with Gasteiger partial charge in [0.15, 0.2) is 0 Å². The second kappa shape index (κ2) is 7.28. The number of hydrogen-bond acceptors (Lipinski definition) is 4. The number of allylic oxidation sites excluding steroid dienone is 1. The highest BCUT2D eigenvalue weighted by Gasteiger charge is 2.61. The highest BCUT2D eigenvalue weighted by atomic mass is 79.9. The molecule has 7 heteroatoms. The summed E-state index contributed by atoms with van der Waals surface area (Å²) in [7, 11) is -0.905. The fourth-order valence-electron chi connectivity index (χ4n) is 3.20. The summed E-state index contributed by atoms with van der Waals surface area (Å²) in [5.41, 5.74) is -0.751. The van der Waals surface area contributed by atoms with Gasteiger partial charge in [-0.1, -0.05) is 40.2 Å². The smallest absolute Gasteiger partial charge is 0.403 e. The van der Waals surface area contributed by atoms with Gasteiger partial charge in [0, 0.05) is 10.2 Å². The molecular formula is C21H31B2BrO4. The molecule has 0 aliphatic carbocycles. The largest absolute Gasteiger partial charge is 0.462 e. The van der Waals surface area contributed by atoms with E-state index in [1.165, 1.54) is 0 Å². The van der Waals surface area contributed by atoms with Crippen LogP contribution in [0.25, 0.3) is 6.08 Å². The van der Waals surface area contributed by atoms with Crippen molar-refractivity contribution in [2.24, 2.45) is 0 Å². The molecule has 0 spiro atoms. The maximum absolute atomic E-state index is 6.34. The monoisotopic (exact) mass is 448 g/mol. The average Bonchev–Trinajstić information content (AvgIpc) is 2.89. The second-order valence-electron chi connectivity index (χ2n) is 9.74. The van der Waals surface area contributed by atoms with Gasteiger partial charge >= 0.3 is 14.2 Å². The molecule has 2 aliphatic heterocycles. The van der Waals surface area contributed by atoms with Gasteiger partial charge in [-0.25, -0.2) is 0 Å². The molecule has 4 nitrogen and oxygen atoms in total. The van der Waals surface area contributed by atoms with Gasteiger partial charge in [0.25, 0.3) is 0 Å². The van der Waals surface area contributed by atoms with Crippen molar-refractivity contribution in [2.75, 3.05) is 0 Å². The zero-order valence-corrected chi connectivity index (χ0v) is 19.8. The minimum Gasteiger partial charge on any atom is -0.403 e. The Bertz CT molecular complexity index is 675. The molecule has 3 rings (SSSR count). The fraction of sp³-hybridized carbons (Fsp3) is 0.619. The summed E-state index contributed by atoms with van der Waals surface area (Å²) >= 11 is 3.48. The van der Waals surface area contributed by atoms with Crippen molar-refractivity contribution in [3.8, 4) is 0 Å². The van der Waals surface area contributed by atoms with Crippen LogP contribution in [-0.4, -0.2) is 36.6 Å². The van der Waals surface area contributed by atoms with E-state index >= 15 is 0 Å². The van der Waals surface area contributed by atoms with E-state index < -0.39 is 36.6 Å². The molecule has 2 fully saturated rings. The Labute approximate surface area is 178 Å². The Kier molecular flexibility index (Phi) is 5.74. The summed E-state index contributed by atoms with van der Waals surface area (Å²) in [6.45, 7) is 16.5. The molecule has 1 aromatic carbocycles. The first kappa shape index (κ1) is 22.1. The molecule has 0 radical (unpaired) electrons. The first-order valence-electron chi connectivity index (χ1n) is 9.89. The molecule has 2 aliphatic rings. The molecule has 28 heavy (non-hydrogen) atoms. The van der Waals surface area contributed by atoms with Gasteiger partial charge in [0.05, 0.1) is 22.4 Å². The zero-order chi connectivity index (χ0) is 21.0. The number of rotatable bonds is 4. The Morgan fingerprint density at radius 3 is 1.43 bits per heavy atom. The topological polar surface area (TPSA) is 36.9 Å². The van der Waals surface area contributed by atoms with Crippen molar-refractivity contribution in [1.29, 1.82) is 0 Å². The number of hydrogen-bond donors (Lipinski definition) is 0. The predicted molar refractivity (Wildman–Crippen MR) is 119 cm³/mol.